The van der Waals surface area contributed by atoms with Gasteiger partial charge in [-0.1, -0.05) is 30.3 Å². The standard InChI is InChI=1S/C22H17N3O5S/c1-13-6-2-3-9-16(13)24-19(17-10-5-11-31-17)18-20(30-24)22(27)23(21(18)26)14-7-4-8-15(12-14)25(28)29/h2-12,18-20H,1H3/t18-,19-,20+/m1/s1. The van der Waals surface area contributed by atoms with Crippen LogP contribution in [0.1, 0.15) is 16.5 Å². The van der Waals surface area contributed by atoms with E-state index in [1.807, 2.05) is 48.7 Å². The molecule has 2 amide bonds. The molecule has 2 aromatic carbocycles. The van der Waals surface area contributed by atoms with Crippen molar-refractivity contribution in [2.24, 2.45) is 5.92 Å². The van der Waals surface area contributed by atoms with E-state index in [4.69, 9.17) is 4.84 Å². The quantitative estimate of drug-likeness (QED) is 0.349. The first-order valence-electron chi connectivity index (χ1n) is 9.64. The van der Waals surface area contributed by atoms with Gasteiger partial charge in [-0.2, -0.15) is 0 Å². The van der Waals surface area contributed by atoms with Gasteiger partial charge in [-0.05, 0) is 36.1 Å². The Labute approximate surface area is 181 Å². The minimum absolute atomic E-state index is 0.176. The van der Waals surface area contributed by atoms with E-state index < -0.39 is 34.8 Å². The van der Waals surface area contributed by atoms with Crippen LogP contribution < -0.4 is 9.96 Å². The van der Waals surface area contributed by atoms with Crippen LogP contribution in [0.25, 0.3) is 0 Å². The summed E-state index contributed by atoms with van der Waals surface area (Å²) in [6.45, 7) is 1.94. The second kappa shape index (κ2) is 7.29. The van der Waals surface area contributed by atoms with Gasteiger partial charge in [0.2, 0.25) is 5.91 Å². The molecule has 0 N–H and O–H groups in total. The van der Waals surface area contributed by atoms with Crippen LogP contribution in [0, 0.1) is 23.0 Å². The number of non-ortho nitro benzene ring substituents is 1. The number of benzene rings is 2. The third-order valence-electron chi connectivity index (χ3n) is 5.60. The minimum atomic E-state index is -1.00. The molecule has 3 aromatic rings. The Morgan fingerprint density at radius 3 is 2.55 bits per heavy atom. The number of amides is 2. The van der Waals surface area contributed by atoms with Gasteiger partial charge in [0.15, 0.2) is 6.10 Å². The van der Waals surface area contributed by atoms with Crippen molar-refractivity contribution in [1.82, 2.24) is 0 Å². The zero-order valence-corrected chi connectivity index (χ0v) is 17.2. The summed E-state index contributed by atoms with van der Waals surface area (Å²) in [6.07, 6.45) is -1.00. The Bertz CT molecular complexity index is 1200. The van der Waals surface area contributed by atoms with Crippen LogP contribution >= 0.6 is 11.3 Å². The van der Waals surface area contributed by atoms with E-state index >= 15 is 0 Å². The molecule has 1 aromatic heterocycles. The van der Waals surface area contributed by atoms with Crippen LogP contribution in [0.5, 0.6) is 0 Å². The van der Waals surface area contributed by atoms with Crippen molar-refractivity contribution >= 4 is 40.2 Å². The predicted octanol–water partition coefficient (Wildman–Crippen LogP) is 4.02. The van der Waals surface area contributed by atoms with Crippen molar-refractivity contribution in [3.05, 3.63) is 86.6 Å². The topological polar surface area (TPSA) is 93.0 Å². The van der Waals surface area contributed by atoms with Crippen LogP contribution in [0.15, 0.2) is 66.0 Å². The van der Waals surface area contributed by atoms with E-state index in [0.29, 0.717) is 0 Å². The molecule has 31 heavy (non-hydrogen) atoms. The second-order valence-electron chi connectivity index (χ2n) is 7.41. The molecule has 0 radical (unpaired) electrons. The number of hydrogen-bond donors (Lipinski definition) is 0. The summed E-state index contributed by atoms with van der Waals surface area (Å²) in [6, 6.07) is 16.5. The van der Waals surface area contributed by atoms with Crippen LogP contribution in [-0.2, 0) is 14.4 Å². The molecule has 2 fully saturated rings. The Hall–Kier alpha value is -3.56. The zero-order valence-electron chi connectivity index (χ0n) is 16.4. The van der Waals surface area contributed by atoms with Crippen molar-refractivity contribution < 1.29 is 19.3 Å². The lowest BCUT2D eigenvalue weighted by molar-refractivity contribution is -0.384. The van der Waals surface area contributed by atoms with Crippen LogP contribution in [0.4, 0.5) is 17.1 Å². The molecule has 0 unspecified atom stereocenters. The Balaban J connectivity index is 1.57. The largest absolute Gasteiger partial charge is 0.273 e. The lowest BCUT2D eigenvalue weighted by atomic mass is 9.95. The van der Waals surface area contributed by atoms with Crippen molar-refractivity contribution in [3.8, 4) is 0 Å². The maximum Gasteiger partial charge on any atom is 0.271 e. The highest BCUT2D eigenvalue weighted by Gasteiger charge is 2.60. The van der Waals surface area contributed by atoms with E-state index in [1.165, 1.54) is 35.6 Å². The van der Waals surface area contributed by atoms with Crippen molar-refractivity contribution in [2.75, 3.05) is 9.96 Å². The minimum Gasteiger partial charge on any atom is -0.273 e. The summed E-state index contributed by atoms with van der Waals surface area (Å²) >= 11 is 1.49. The zero-order chi connectivity index (χ0) is 21.7. The third kappa shape index (κ3) is 3.01. The van der Waals surface area contributed by atoms with Gasteiger partial charge in [0.05, 0.1) is 16.3 Å². The molecule has 5 rings (SSSR count). The van der Waals surface area contributed by atoms with Crippen molar-refractivity contribution in [1.29, 1.82) is 0 Å². The number of anilines is 2. The summed E-state index contributed by atoms with van der Waals surface area (Å²) in [7, 11) is 0. The first-order valence-corrected chi connectivity index (χ1v) is 10.5. The number of rotatable bonds is 4. The van der Waals surface area contributed by atoms with Gasteiger partial charge in [0.25, 0.3) is 11.6 Å². The number of nitrogens with zero attached hydrogens (tertiary/aromatic N) is 3. The van der Waals surface area contributed by atoms with E-state index in [-0.39, 0.29) is 11.4 Å². The van der Waals surface area contributed by atoms with E-state index in [9.17, 15) is 19.7 Å². The normalized spacial score (nSPS) is 22.8. The van der Waals surface area contributed by atoms with Gasteiger partial charge in [0.1, 0.15) is 12.0 Å². The molecule has 156 valence electrons. The molecule has 0 spiro atoms. The summed E-state index contributed by atoms with van der Waals surface area (Å²) in [5, 5.41) is 14.7. The molecule has 2 aliphatic rings. The number of para-hydroxylation sites is 1. The molecular formula is C22H17N3O5S. The van der Waals surface area contributed by atoms with Gasteiger partial charge < -0.3 is 0 Å². The van der Waals surface area contributed by atoms with Crippen molar-refractivity contribution in [3.63, 3.8) is 0 Å². The molecule has 9 heteroatoms. The number of nitro groups is 1. The summed E-state index contributed by atoms with van der Waals surface area (Å²) in [4.78, 5) is 45.3. The number of nitro benzene ring substituents is 1. The van der Waals surface area contributed by atoms with Crippen LogP contribution in [-0.4, -0.2) is 22.8 Å². The SMILES string of the molecule is Cc1ccccc1N1O[C@@H]2C(=O)N(c3cccc([N+](=O)[O-])c3)C(=O)[C@@H]2[C@H]1c1cccs1. The molecule has 3 atom stereocenters. The van der Waals surface area contributed by atoms with Gasteiger partial charge in [-0.3, -0.25) is 24.5 Å². The Kier molecular flexibility index (Phi) is 4.57. The van der Waals surface area contributed by atoms with Crippen LogP contribution in [0.3, 0.4) is 0 Å². The highest BCUT2D eigenvalue weighted by Crippen LogP contribution is 2.49. The molecule has 2 aliphatic heterocycles. The number of hydrogen-bond acceptors (Lipinski definition) is 7. The molecule has 3 heterocycles. The predicted molar refractivity (Wildman–Crippen MR) is 115 cm³/mol. The smallest absolute Gasteiger partial charge is 0.271 e. The number of imide groups is 1. The Morgan fingerprint density at radius 1 is 1.03 bits per heavy atom. The molecule has 0 aliphatic carbocycles. The highest BCUT2D eigenvalue weighted by molar-refractivity contribution is 7.10. The molecule has 2 saturated heterocycles. The summed E-state index contributed by atoms with van der Waals surface area (Å²) in [5.41, 5.74) is 1.74. The second-order valence-corrected chi connectivity index (χ2v) is 8.39. The van der Waals surface area contributed by atoms with Crippen molar-refractivity contribution in [2.45, 2.75) is 19.1 Å². The summed E-state index contributed by atoms with van der Waals surface area (Å²) < 4.78 is 0. The van der Waals surface area contributed by atoms with Gasteiger partial charge >= 0.3 is 0 Å². The van der Waals surface area contributed by atoms with Gasteiger partial charge in [0, 0.05) is 17.0 Å². The number of aryl methyl sites for hydroxylation is 1. The van der Waals surface area contributed by atoms with E-state index in [1.54, 1.807) is 5.06 Å². The van der Waals surface area contributed by atoms with E-state index in [2.05, 4.69) is 0 Å². The number of fused-ring (bicyclic) bond motifs is 1. The fourth-order valence-electron chi connectivity index (χ4n) is 4.18. The molecule has 0 saturated carbocycles. The van der Waals surface area contributed by atoms with Gasteiger partial charge in [-0.15, -0.1) is 11.3 Å². The number of carbonyl (C=O) groups is 2. The van der Waals surface area contributed by atoms with Crippen LogP contribution in [0.2, 0.25) is 0 Å². The lowest BCUT2D eigenvalue weighted by Crippen LogP contribution is -2.37. The Morgan fingerprint density at radius 2 is 1.84 bits per heavy atom. The first-order chi connectivity index (χ1) is 15.0. The average molecular weight is 435 g/mol. The number of thiophene rings is 1. The monoisotopic (exact) mass is 435 g/mol. The molecule has 0 bridgehead atoms. The summed E-state index contributed by atoms with van der Waals surface area (Å²) in [5.74, 6) is -1.71. The number of hydroxylamine groups is 1. The fraction of sp³-hybridized carbons (Fsp3) is 0.182. The molecular weight excluding hydrogens is 418 g/mol. The number of carbonyl (C=O) groups excluding carboxylic acids is 2. The lowest BCUT2D eigenvalue weighted by Gasteiger charge is -2.28. The average Bonchev–Trinajstić information content (AvgIpc) is 3.46. The van der Waals surface area contributed by atoms with Gasteiger partial charge in [-0.25, -0.2) is 9.96 Å². The maximum absolute atomic E-state index is 13.5. The maximum atomic E-state index is 13.5. The highest BCUT2D eigenvalue weighted by atomic mass is 32.1. The molecule has 8 nitrogen and oxygen atoms in total. The first kappa shape index (κ1) is 19.4. The van der Waals surface area contributed by atoms with E-state index in [0.717, 1.165) is 21.0 Å². The third-order valence-corrected chi connectivity index (χ3v) is 6.54. The fourth-order valence-corrected chi connectivity index (χ4v) is 5.04.